The van der Waals surface area contributed by atoms with Gasteiger partial charge in [-0.2, -0.15) is 0 Å². The van der Waals surface area contributed by atoms with Crippen molar-refractivity contribution in [1.29, 1.82) is 0 Å². The molecule has 0 amide bonds. The SMILES string of the molecule is CCC(OC(=O)/C=C/C(=O)OC(CC)[Si](O[Si](C)(C)C)(O[Si](C)(C)C)O[Si](C)(C)C)[Si](O[Si](C)(C)C)(O[Si](C)(C)C)O[Si](C)(C)C. The Hall–Kier alpha value is 0.175. The molecule has 0 rings (SSSR count). The van der Waals surface area contributed by atoms with E-state index in [0.717, 1.165) is 12.2 Å². The molecule has 18 heteroatoms. The summed E-state index contributed by atoms with van der Waals surface area (Å²) in [5, 5.41) is 0. The predicted molar refractivity (Wildman–Crippen MR) is 208 cm³/mol. The summed E-state index contributed by atoms with van der Waals surface area (Å²) in [4.78, 5) is 26.6. The Morgan fingerprint density at radius 1 is 0.413 bits per heavy atom. The van der Waals surface area contributed by atoms with Crippen molar-refractivity contribution >= 4 is 79.5 Å². The van der Waals surface area contributed by atoms with Gasteiger partial charge in [0.05, 0.1) is 0 Å². The molecule has 0 saturated carbocycles. The molecule has 0 aliphatic heterocycles. The minimum Gasteiger partial charge on any atom is -0.455 e. The second kappa shape index (κ2) is 16.9. The Kier molecular flexibility index (Phi) is 17.0. The van der Waals surface area contributed by atoms with Crippen molar-refractivity contribution < 1.29 is 43.8 Å². The molecular formula is C28H68O10Si8. The van der Waals surface area contributed by atoms with E-state index < -0.39 is 90.9 Å². The standard InChI is InChI=1S/C28H68O10Si8/c1-21-27(45(33-39(3,4)5,34-40(6,7)8)35-41(9,10)11)31-25(29)23-24-26(30)32-28(22-2)46(36-42(12,13)14,37-43(15,16)17)38-44(18,19)20/h23-24,27-28H,21-22H2,1-20H3/b24-23+. The number of hydrogen-bond acceptors (Lipinski definition) is 10. The lowest BCUT2D eigenvalue weighted by Gasteiger charge is -2.45. The van der Waals surface area contributed by atoms with Crippen LogP contribution in [0.3, 0.4) is 0 Å². The van der Waals surface area contributed by atoms with Gasteiger partial charge >= 0.3 is 29.5 Å². The second-order valence-corrected chi connectivity index (χ2v) is 51.4. The molecule has 0 fully saturated rings. The van der Waals surface area contributed by atoms with E-state index in [2.05, 4.69) is 118 Å². The number of hydrogen-bond donors (Lipinski definition) is 0. The molecular weight excluding hydrogens is 721 g/mol. The molecule has 0 saturated heterocycles. The summed E-state index contributed by atoms with van der Waals surface area (Å²) in [5.74, 6) is -1.38. The van der Waals surface area contributed by atoms with Gasteiger partial charge in [-0.15, -0.1) is 0 Å². The van der Waals surface area contributed by atoms with Crippen LogP contribution in [0.4, 0.5) is 0 Å². The van der Waals surface area contributed by atoms with Crippen LogP contribution in [0.15, 0.2) is 12.2 Å². The van der Waals surface area contributed by atoms with E-state index in [1.807, 2.05) is 13.8 Å². The number of carbonyl (C=O) groups is 2. The van der Waals surface area contributed by atoms with Gasteiger partial charge in [0.15, 0.2) is 61.4 Å². The maximum absolute atomic E-state index is 13.3. The van der Waals surface area contributed by atoms with Gasteiger partial charge < -0.3 is 34.2 Å². The van der Waals surface area contributed by atoms with E-state index >= 15 is 0 Å². The molecule has 0 aromatic heterocycles. The zero-order chi connectivity index (χ0) is 36.8. The third-order valence-corrected chi connectivity index (χ3v) is 29.2. The van der Waals surface area contributed by atoms with Gasteiger partial charge in [-0.3, -0.25) is 0 Å². The minimum atomic E-state index is -3.52. The Morgan fingerprint density at radius 3 is 0.717 bits per heavy atom. The molecule has 0 radical (unpaired) electrons. The summed E-state index contributed by atoms with van der Waals surface area (Å²) >= 11 is 0. The summed E-state index contributed by atoms with van der Waals surface area (Å²) in [6.07, 6.45) is 3.10. The van der Waals surface area contributed by atoms with Gasteiger partial charge in [0, 0.05) is 12.2 Å². The fourth-order valence-electron chi connectivity index (χ4n) is 4.39. The van der Waals surface area contributed by atoms with Crippen LogP contribution in [0.25, 0.3) is 0 Å². The lowest BCUT2D eigenvalue weighted by atomic mass is 10.4. The van der Waals surface area contributed by atoms with Crippen molar-refractivity contribution in [2.45, 2.75) is 156 Å². The fourth-order valence-corrected chi connectivity index (χ4v) is 32.8. The topological polar surface area (TPSA) is 108 Å². The monoisotopic (exact) mass is 788 g/mol. The van der Waals surface area contributed by atoms with Crippen molar-refractivity contribution in [3.63, 3.8) is 0 Å². The van der Waals surface area contributed by atoms with Crippen molar-refractivity contribution in [2.24, 2.45) is 0 Å². The van der Waals surface area contributed by atoms with Gasteiger partial charge in [0.25, 0.3) is 0 Å². The summed E-state index contributed by atoms with van der Waals surface area (Å²) < 4.78 is 52.6. The molecule has 2 unspecified atom stereocenters. The molecule has 0 aromatic rings. The zero-order valence-corrected chi connectivity index (χ0v) is 40.8. The summed E-state index contributed by atoms with van der Waals surface area (Å²) in [6, 6.07) is 0. The molecule has 0 bridgehead atoms. The van der Waals surface area contributed by atoms with Gasteiger partial charge in [-0.05, 0) is 131 Å². The largest absolute Gasteiger partial charge is 0.512 e. The van der Waals surface area contributed by atoms with Crippen LogP contribution in [-0.2, 0) is 43.8 Å². The number of esters is 2. The highest BCUT2D eigenvalue weighted by Crippen LogP contribution is 2.33. The fraction of sp³-hybridized carbons (Fsp3) is 0.857. The molecule has 0 heterocycles. The maximum atomic E-state index is 13.3. The van der Waals surface area contributed by atoms with E-state index in [4.69, 9.17) is 34.2 Å². The molecule has 0 aromatic carbocycles. The van der Waals surface area contributed by atoms with E-state index in [9.17, 15) is 9.59 Å². The number of rotatable bonds is 20. The number of ether oxygens (including phenoxy) is 2. The highest BCUT2D eigenvalue weighted by atomic mass is 28.5. The average Bonchev–Trinajstić information content (AvgIpc) is 2.72. The first-order valence-electron chi connectivity index (χ1n) is 16.5. The van der Waals surface area contributed by atoms with E-state index in [0.29, 0.717) is 12.8 Å². The highest BCUT2D eigenvalue weighted by molar-refractivity contribution is 6.91. The Bertz CT molecular complexity index is 855. The predicted octanol–water partition coefficient (Wildman–Crippen LogP) is 8.25. The maximum Gasteiger partial charge on any atom is 0.512 e. The summed E-state index contributed by atoms with van der Waals surface area (Å²) in [6.45, 7) is 41.3. The Labute approximate surface area is 290 Å². The Morgan fingerprint density at radius 2 is 0.587 bits per heavy atom. The quantitative estimate of drug-likeness (QED) is 0.0680. The number of carbonyl (C=O) groups excluding carboxylic acids is 2. The molecule has 0 spiro atoms. The lowest BCUT2D eigenvalue weighted by molar-refractivity contribution is -0.144. The minimum absolute atomic E-state index is 0.442. The summed E-state index contributed by atoms with van der Waals surface area (Å²) in [7, 11) is -20.2. The van der Waals surface area contributed by atoms with Crippen LogP contribution in [0.2, 0.25) is 118 Å². The normalized spacial score (nSPS) is 16.0. The molecule has 10 nitrogen and oxygen atoms in total. The molecule has 272 valence electrons. The van der Waals surface area contributed by atoms with Crippen LogP contribution in [0.5, 0.6) is 0 Å². The van der Waals surface area contributed by atoms with Crippen molar-refractivity contribution in [3.8, 4) is 0 Å². The average molecular weight is 790 g/mol. The summed E-state index contributed by atoms with van der Waals surface area (Å²) in [5.41, 5.74) is -1.45. The van der Waals surface area contributed by atoms with E-state index in [-0.39, 0.29) is 0 Å². The van der Waals surface area contributed by atoms with Gasteiger partial charge in [-0.25, -0.2) is 9.59 Å². The van der Waals surface area contributed by atoms with Crippen LogP contribution in [-0.4, -0.2) is 90.9 Å². The zero-order valence-electron chi connectivity index (χ0n) is 32.8. The van der Waals surface area contributed by atoms with E-state index in [1.54, 1.807) is 0 Å². The molecule has 0 aliphatic carbocycles. The smallest absolute Gasteiger partial charge is 0.455 e. The Balaban J connectivity index is 6.48. The van der Waals surface area contributed by atoms with Gasteiger partial charge in [-0.1, -0.05) is 13.8 Å². The first kappa shape index (κ1) is 46.2. The van der Waals surface area contributed by atoms with Crippen LogP contribution in [0.1, 0.15) is 26.7 Å². The van der Waals surface area contributed by atoms with E-state index in [1.165, 1.54) is 0 Å². The van der Waals surface area contributed by atoms with Gasteiger partial charge in [0.1, 0.15) is 0 Å². The van der Waals surface area contributed by atoms with Gasteiger partial charge in [0.2, 0.25) is 0 Å². The van der Waals surface area contributed by atoms with Crippen molar-refractivity contribution in [3.05, 3.63) is 12.2 Å². The van der Waals surface area contributed by atoms with Crippen LogP contribution >= 0.6 is 0 Å². The molecule has 46 heavy (non-hydrogen) atoms. The third-order valence-electron chi connectivity index (χ3n) is 5.09. The van der Waals surface area contributed by atoms with Crippen molar-refractivity contribution in [2.75, 3.05) is 0 Å². The first-order chi connectivity index (χ1) is 20.2. The highest BCUT2D eigenvalue weighted by Gasteiger charge is 2.59. The third kappa shape index (κ3) is 19.4. The van der Waals surface area contributed by atoms with Crippen LogP contribution < -0.4 is 0 Å². The first-order valence-corrected chi connectivity index (χ1v) is 40.5. The lowest BCUT2D eigenvalue weighted by Crippen LogP contribution is -2.67. The van der Waals surface area contributed by atoms with Crippen molar-refractivity contribution in [1.82, 2.24) is 0 Å². The molecule has 2 atom stereocenters. The van der Waals surface area contributed by atoms with Crippen LogP contribution in [0, 0.1) is 0 Å². The molecule has 0 N–H and O–H groups in total. The second-order valence-electron chi connectivity index (χ2n) is 17.5. The molecule has 0 aliphatic rings.